The fourth-order valence-electron chi connectivity index (χ4n) is 3.86. The molecule has 0 aliphatic carbocycles. The van der Waals surface area contributed by atoms with E-state index in [1.807, 2.05) is 44.1 Å². The minimum Gasteiger partial charge on any atom is -0.505 e. The van der Waals surface area contributed by atoms with Crippen molar-refractivity contribution in [2.24, 2.45) is 14.2 Å². The van der Waals surface area contributed by atoms with Crippen molar-refractivity contribution in [1.29, 1.82) is 0 Å². The lowest BCUT2D eigenvalue weighted by Gasteiger charge is -2.31. The lowest BCUT2D eigenvalue weighted by Crippen LogP contribution is -2.41. The van der Waals surface area contributed by atoms with E-state index in [0.29, 0.717) is 22.8 Å². The fourth-order valence-corrected chi connectivity index (χ4v) is 4.48. The molecule has 1 aromatic heterocycles. The van der Waals surface area contributed by atoms with Crippen LogP contribution < -0.4 is 10.6 Å². The van der Waals surface area contributed by atoms with Gasteiger partial charge in [-0.2, -0.15) is 0 Å². The van der Waals surface area contributed by atoms with Crippen molar-refractivity contribution in [2.45, 2.75) is 59.9 Å². The molecule has 0 saturated carbocycles. The molecule has 0 fully saturated rings. The van der Waals surface area contributed by atoms with E-state index in [1.165, 1.54) is 0 Å². The minimum atomic E-state index is -1.78. The Morgan fingerprint density at radius 2 is 1.71 bits per heavy atom. The molecule has 2 aromatic rings. The number of benzene rings is 1. The van der Waals surface area contributed by atoms with Crippen molar-refractivity contribution < 1.29 is 13.7 Å². The molecule has 1 unspecified atom stereocenters. The van der Waals surface area contributed by atoms with Crippen LogP contribution in [-0.4, -0.2) is 40.0 Å². The number of rotatable bonds is 5. The van der Waals surface area contributed by atoms with E-state index in [4.69, 9.17) is 4.42 Å². The molecule has 190 valence electrons. The number of furan rings is 1. The van der Waals surface area contributed by atoms with Gasteiger partial charge in [-0.3, -0.25) is 0 Å². The van der Waals surface area contributed by atoms with E-state index in [9.17, 15) is 9.32 Å². The second kappa shape index (κ2) is 9.53. The average molecular weight is 500 g/mol. The largest absolute Gasteiger partial charge is 0.505 e. The van der Waals surface area contributed by atoms with Crippen LogP contribution in [-0.2, 0) is 16.6 Å². The predicted octanol–water partition coefficient (Wildman–Crippen LogP) is 5.30. The summed E-state index contributed by atoms with van der Waals surface area (Å²) in [6.45, 7) is 18.6. The Kier molecular flexibility index (Phi) is 7.22. The average Bonchev–Trinajstić information content (AvgIpc) is 3.29. The van der Waals surface area contributed by atoms with Crippen LogP contribution in [0.3, 0.4) is 0 Å². The van der Waals surface area contributed by atoms with E-state index < -0.39 is 11.2 Å². The standard InChI is InChI=1S/C26H37N5O3S/c1-15-11-14-19(34-15)22(26(6,7)8)28-24-23(29-35(33)30-24)27-18-13-12-17(25(3,4)5)20(21(18)32)16(2)31(9)10/h11-14,22,32H,2H2,1,3-10H3,(H,27,29)(H,28,30)/t22-,35?/m0/s1. The molecule has 0 saturated heterocycles. The Bertz CT molecular complexity index is 1210. The van der Waals surface area contributed by atoms with Gasteiger partial charge < -0.3 is 25.1 Å². The highest BCUT2D eigenvalue weighted by Crippen LogP contribution is 2.41. The topological polar surface area (TPSA) is 102 Å². The molecule has 1 aliphatic rings. The first kappa shape index (κ1) is 26.5. The molecule has 2 heterocycles. The molecule has 0 bridgehead atoms. The maximum absolute atomic E-state index is 12.3. The third kappa shape index (κ3) is 5.78. The molecule has 9 heteroatoms. The highest BCUT2D eigenvalue weighted by Gasteiger charge is 2.33. The smallest absolute Gasteiger partial charge is 0.269 e. The van der Waals surface area contributed by atoms with Crippen molar-refractivity contribution >= 4 is 34.2 Å². The zero-order valence-corrected chi connectivity index (χ0v) is 22.9. The van der Waals surface area contributed by atoms with E-state index in [2.05, 4.69) is 67.6 Å². The van der Waals surface area contributed by atoms with Gasteiger partial charge in [-0.05, 0) is 41.5 Å². The first-order chi connectivity index (χ1) is 16.1. The second-order valence-corrected chi connectivity index (χ2v) is 11.9. The van der Waals surface area contributed by atoms with Gasteiger partial charge in [-0.15, -0.1) is 8.80 Å². The summed E-state index contributed by atoms with van der Waals surface area (Å²) in [5, 5.41) is 17.8. The summed E-state index contributed by atoms with van der Waals surface area (Å²) in [5.74, 6) is 2.21. The Labute approximate surface area is 211 Å². The molecule has 0 spiro atoms. The number of hydrogen-bond donors (Lipinski definition) is 3. The molecular formula is C26H37N5O3S. The SMILES string of the molecule is C=C(c1c(C(C)(C)C)ccc(NC2=NS(=O)N=C2N[C@@H](c2ccc(C)o2)C(C)(C)C)c1O)N(C)C. The zero-order valence-electron chi connectivity index (χ0n) is 22.1. The highest BCUT2D eigenvalue weighted by atomic mass is 32.2. The zero-order chi connectivity index (χ0) is 26.3. The van der Waals surface area contributed by atoms with E-state index in [1.54, 1.807) is 6.07 Å². The fraction of sp³-hybridized carbons (Fsp3) is 0.462. The first-order valence-corrected chi connectivity index (χ1v) is 12.6. The molecule has 0 amide bonds. The number of hydrogen-bond acceptors (Lipinski definition) is 6. The summed E-state index contributed by atoms with van der Waals surface area (Å²) in [5.41, 5.74) is 2.26. The lowest BCUT2D eigenvalue weighted by molar-refractivity contribution is 0.261. The molecule has 1 aromatic carbocycles. The van der Waals surface area contributed by atoms with Gasteiger partial charge in [0.15, 0.2) is 11.7 Å². The van der Waals surface area contributed by atoms with Crippen molar-refractivity contribution in [3.8, 4) is 5.75 Å². The van der Waals surface area contributed by atoms with Crippen LogP contribution in [0.2, 0.25) is 0 Å². The minimum absolute atomic E-state index is 0.0462. The Balaban J connectivity index is 1.98. The van der Waals surface area contributed by atoms with Gasteiger partial charge in [-0.1, -0.05) is 54.2 Å². The van der Waals surface area contributed by atoms with Crippen LogP contribution in [0.5, 0.6) is 5.75 Å². The summed E-state index contributed by atoms with van der Waals surface area (Å²) in [6, 6.07) is 7.34. The van der Waals surface area contributed by atoms with Crippen molar-refractivity contribution in [1.82, 2.24) is 10.2 Å². The monoisotopic (exact) mass is 499 g/mol. The van der Waals surface area contributed by atoms with Crippen LogP contribution in [0.15, 0.2) is 44.1 Å². The van der Waals surface area contributed by atoms with Gasteiger partial charge >= 0.3 is 0 Å². The number of anilines is 1. The summed E-state index contributed by atoms with van der Waals surface area (Å²) in [7, 11) is 3.77. The van der Waals surface area contributed by atoms with E-state index >= 15 is 0 Å². The van der Waals surface area contributed by atoms with Crippen LogP contribution >= 0.6 is 0 Å². The molecule has 35 heavy (non-hydrogen) atoms. The molecule has 3 rings (SSSR count). The number of nitrogens with zero attached hydrogens (tertiary/aromatic N) is 3. The molecular weight excluding hydrogens is 462 g/mol. The van der Waals surface area contributed by atoms with Crippen molar-refractivity contribution in [3.63, 3.8) is 0 Å². The Hall–Kier alpha value is -3.07. The van der Waals surface area contributed by atoms with Crippen LogP contribution in [0, 0.1) is 12.3 Å². The molecule has 1 aliphatic heterocycles. The third-order valence-corrected chi connectivity index (χ3v) is 6.50. The number of nitrogens with one attached hydrogen (secondary N) is 2. The summed E-state index contributed by atoms with van der Waals surface area (Å²) < 4.78 is 26.5. The summed E-state index contributed by atoms with van der Waals surface area (Å²) in [6.07, 6.45) is 0. The van der Waals surface area contributed by atoms with Crippen LogP contribution in [0.25, 0.3) is 5.70 Å². The van der Waals surface area contributed by atoms with Gasteiger partial charge in [0.2, 0.25) is 0 Å². The van der Waals surface area contributed by atoms with Crippen molar-refractivity contribution in [3.05, 3.63) is 53.5 Å². The first-order valence-electron chi connectivity index (χ1n) is 11.5. The highest BCUT2D eigenvalue weighted by molar-refractivity contribution is 7.83. The normalized spacial score (nSPS) is 17.0. The maximum Gasteiger partial charge on any atom is 0.269 e. The van der Waals surface area contributed by atoms with Crippen LogP contribution in [0.1, 0.15) is 70.2 Å². The second-order valence-electron chi connectivity index (χ2n) is 11.1. The predicted molar refractivity (Wildman–Crippen MR) is 145 cm³/mol. The molecule has 8 nitrogen and oxygen atoms in total. The Morgan fingerprint density at radius 3 is 2.23 bits per heavy atom. The summed E-state index contributed by atoms with van der Waals surface area (Å²) >= 11 is -1.78. The van der Waals surface area contributed by atoms with Gasteiger partial charge in [0.1, 0.15) is 17.3 Å². The number of phenolic OH excluding ortho intramolecular Hbond substituents is 1. The third-order valence-electron chi connectivity index (χ3n) is 5.82. The number of amidine groups is 2. The van der Waals surface area contributed by atoms with Gasteiger partial charge in [0.25, 0.3) is 11.2 Å². The summed E-state index contributed by atoms with van der Waals surface area (Å²) in [4.78, 5) is 1.87. The maximum atomic E-state index is 12.3. The molecule has 0 radical (unpaired) electrons. The molecule has 2 atom stereocenters. The van der Waals surface area contributed by atoms with Gasteiger partial charge in [-0.25, -0.2) is 4.21 Å². The number of aromatic hydroxyl groups is 1. The quantitative estimate of drug-likeness (QED) is 0.483. The van der Waals surface area contributed by atoms with Gasteiger partial charge in [0, 0.05) is 25.4 Å². The van der Waals surface area contributed by atoms with Crippen LogP contribution in [0.4, 0.5) is 5.69 Å². The van der Waals surface area contributed by atoms with E-state index in [-0.39, 0.29) is 28.5 Å². The van der Waals surface area contributed by atoms with E-state index in [0.717, 1.165) is 17.1 Å². The van der Waals surface area contributed by atoms with Gasteiger partial charge in [0.05, 0.1) is 11.7 Å². The number of aryl methyl sites for hydroxylation is 1. The lowest BCUT2D eigenvalue weighted by atomic mass is 9.82. The number of phenols is 1. The van der Waals surface area contributed by atoms with Crippen molar-refractivity contribution in [2.75, 3.05) is 19.4 Å². The Morgan fingerprint density at radius 1 is 1.09 bits per heavy atom. The molecule has 3 N–H and O–H groups in total.